The minimum Gasteiger partial charge on any atom is -0.388 e. The molecule has 0 unspecified atom stereocenters. The summed E-state index contributed by atoms with van der Waals surface area (Å²) in [4.78, 5) is 28.7. The Morgan fingerprint density at radius 2 is 1.93 bits per heavy atom. The molecule has 0 radical (unpaired) electrons. The summed E-state index contributed by atoms with van der Waals surface area (Å²) < 4.78 is 3.32. The Bertz CT molecular complexity index is 1350. The van der Waals surface area contributed by atoms with Gasteiger partial charge >= 0.3 is 0 Å². The number of fused-ring (bicyclic) bond motifs is 1. The maximum atomic E-state index is 13.3. The third-order valence-electron chi connectivity index (χ3n) is 5.13. The van der Waals surface area contributed by atoms with Gasteiger partial charge < -0.3 is 5.32 Å². The van der Waals surface area contributed by atoms with Crippen LogP contribution in [-0.2, 0) is 0 Å². The van der Waals surface area contributed by atoms with Gasteiger partial charge in [-0.15, -0.1) is 0 Å². The molecule has 0 bridgehead atoms. The molecule has 2 aromatic heterocycles. The van der Waals surface area contributed by atoms with E-state index in [0.717, 1.165) is 30.8 Å². The number of non-ortho nitro benzene ring substituents is 1. The number of hydrogen-bond acceptors (Lipinski definition) is 5. The summed E-state index contributed by atoms with van der Waals surface area (Å²) in [5.41, 5.74) is 3.25. The molecule has 4 aromatic rings. The highest BCUT2D eigenvalue weighted by Crippen LogP contribution is 2.23. The zero-order valence-corrected chi connectivity index (χ0v) is 15.4. The van der Waals surface area contributed by atoms with Crippen LogP contribution >= 0.6 is 0 Å². The number of aromatic nitrogens is 3. The predicted octanol–water partition coefficient (Wildman–Crippen LogP) is 2.27. The number of nitrogens with zero attached hydrogens (tertiary/aromatic N) is 4. The van der Waals surface area contributed by atoms with Gasteiger partial charge in [0.05, 0.1) is 22.5 Å². The van der Waals surface area contributed by atoms with Crippen molar-refractivity contribution in [1.82, 2.24) is 19.5 Å². The Hall–Kier alpha value is -3.94. The highest BCUT2D eigenvalue weighted by Gasteiger charge is 2.20. The van der Waals surface area contributed by atoms with Gasteiger partial charge in [-0.3, -0.25) is 14.9 Å². The van der Waals surface area contributed by atoms with Crippen LogP contribution in [0.15, 0.2) is 65.6 Å². The van der Waals surface area contributed by atoms with Crippen LogP contribution in [0.1, 0.15) is 12.8 Å². The van der Waals surface area contributed by atoms with Gasteiger partial charge in [0.25, 0.3) is 11.2 Å². The van der Waals surface area contributed by atoms with Gasteiger partial charge in [-0.25, -0.2) is 14.2 Å². The largest absolute Gasteiger partial charge is 0.388 e. The van der Waals surface area contributed by atoms with Crippen molar-refractivity contribution >= 4 is 17.0 Å². The highest BCUT2D eigenvalue weighted by atomic mass is 16.6. The van der Waals surface area contributed by atoms with E-state index in [1.165, 1.54) is 12.1 Å². The van der Waals surface area contributed by atoms with E-state index < -0.39 is 4.92 Å². The third kappa shape index (κ3) is 2.77. The zero-order chi connectivity index (χ0) is 20.0. The maximum absolute atomic E-state index is 13.3. The van der Waals surface area contributed by atoms with Gasteiger partial charge in [0.15, 0.2) is 5.65 Å². The van der Waals surface area contributed by atoms with Crippen molar-refractivity contribution in [3.63, 3.8) is 0 Å². The number of imidazole rings is 1. The van der Waals surface area contributed by atoms with Crippen LogP contribution in [0.2, 0.25) is 0 Å². The summed E-state index contributed by atoms with van der Waals surface area (Å²) in [6.07, 6.45) is 3.51. The number of benzene rings is 2. The summed E-state index contributed by atoms with van der Waals surface area (Å²) in [7, 11) is 0. The van der Waals surface area contributed by atoms with Gasteiger partial charge in [-0.2, -0.15) is 0 Å². The first-order chi connectivity index (χ1) is 14.1. The fourth-order valence-corrected chi connectivity index (χ4v) is 3.79. The quantitative estimate of drug-likeness (QED) is 0.430. The first-order valence-corrected chi connectivity index (χ1v) is 9.35. The Kier molecular flexibility index (Phi) is 3.90. The van der Waals surface area contributed by atoms with E-state index in [-0.39, 0.29) is 11.2 Å². The number of para-hydroxylation sites is 1. The van der Waals surface area contributed by atoms with Crippen LogP contribution in [0, 0.1) is 10.1 Å². The smallest absolute Gasteiger partial charge is 0.283 e. The number of nitro benzene ring substituents is 1. The average molecular weight is 387 g/mol. The molecule has 1 aliphatic heterocycles. The molecule has 0 saturated carbocycles. The molecule has 8 nitrogen and oxygen atoms in total. The molecule has 144 valence electrons. The lowest BCUT2D eigenvalue weighted by Crippen LogP contribution is -2.32. The standard InChI is InChI=1S/C21H17N5O3/c27-21-19(17-10-5-11-22-17)20-23-18(14-6-4-9-16(12-14)26(28)29)13-24(20)25(21)15-7-2-1-3-8-15/h1-4,6-9,12-13,22H,5,10-11H2. The van der Waals surface area contributed by atoms with Crippen LogP contribution in [0.25, 0.3) is 28.3 Å². The summed E-state index contributed by atoms with van der Waals surface area (Å²) in [5.74, 6) is 0. The van der Waals surface area contributed by atoms with E-state index in [2.05, 4.69) is 5.32 Å². The van der Waals surface area contributed by atoms with Crippen LogP contribution < -0.4 is 16.1 Å². The Morgan fingerprint density at radius 3 is 2.66 bits per heavy atom. The molecule has 0 spiro atoms. The summed E-state index contributed by atoms with van der Waals surface area (Å²) in [6.45, 7) is 0.829. The van der Waals surface area contributed by atoms with Crippen molar-refractivity contribution in [2.75, 3.05) is 6.54 Å². The summed E-state index contributed by atoms with van der Waals surface area (Å²) >= 11 is 0. The maximum Gasteiger partial charge on any atom is 0.283 e. The second-order valence-electron chi connectivity index (χ2n) is 6.94. The van der Waals surface area contributed by atoms with Gasteiger partial charge in [-0.05, 0) is 25.0 Å². The van der Waals surface area contributed by atoms with Gasteiger partial charge in [0.2, 0.25) is 0 Å². The SMILES string of the molecule is O=c1c(=C2CCCN2)c2nc(-c3cccc([N+](=O)[O-])c3)cn2n1-c1ccccc1. The first-order valence-electron chi connectivity index (χ1n) is 9.35. The van der Waals surface area contributed by atoms with Crippen LogP contribution in [-0.4, -0.2) is 25.6 Å². The van der Waals surface area contributed by atoms with E-state index >= 15 is 0 Å². The van der Waals surface area contributed by atoms with Crippen LogP contribution in [0.3, 0.4) is 0 Å². The molecule has 29 heavy (non-hydrogen) atoms. The zero-order valence-electron chi connectivity index (χ0n) is 15.4. The van der Waals surface area contributed by atoms with E-state index in [1.807, 2.05) is 30.3 Å². The predicted molar refractivity (Wildman–Crippen MR) is 109 cm³/mol. The molecule has 0 atom stereocenters. The lowest BCUT2D eigenvalue weighted by Gasteiger charge is -2.03. The number of rotatable bonds is 3. The van der Waals surface area contributed by atoms with Crippen molar-refractivity contribution in [1.29, 1.82) is 0 Å². The minimum atomic E-state index is -0.428. The number of nitrogens with one attached hydrogen (secondary N) is 1. The second-order valence-corrected chi connectivity index (χ2v) is 6.94. The minimum absolute atomic E-state index is 0.00249. The molecule has 1 N–H and O–H groups in total. The first kappa shape index (κ1) is 17.2. The molecule has 8 heteroatoms. The molecular formula is C21H17N5O3. The monoisotopic (exact) mass is 387 g/mol. The van der Waals surface area contributed by atoms with Gasteiger partial charge in [0.1, 0.15) is 5.22 Å². The van der Waals surface area contributed by atoms with Crippen molar-refractivity contribution in [3.8, 4) is 16.9 Å². The van der Waals surface area contributed by atoms with E-state index in [4.69, 9.17) is 4.98 Å². The van der Waals surface area contributed by atoms with Crippen molar-refractivity contribution in [2.45, 2.75) is 12.8 Å². The fourth-order valence-electron chi connectivity index (χ4n) is 3.79. The van der Waals surface area contributed by atoms with Gasteiger partial charge in [-0.1, -0.05) is 30.3 Å². The normalized spacial score (nSPS) is 15.6. The number of hydrogen-bond donors (Lipinski definition) is 1. The molecular weight excluding hydrogens is 370 g/mol. The Labute approximate surface area is 164 Å². The Balaban J connectivity index is 1.82. The van der Waals surface area contributed by atoms with E-state index in [1.54, 1.807) is 27.5 Å². The topological polar surface area (TPSA) is 94.5 Å². The highest BCUT2D eigenvalue weighted by molar-refractivity contribution is 5.67. The average Bonchev–Trinajstić information content (AvgIpc) is 3.45. The van der Waals surface area contributed by atoms with Crippen LogP contribution in [0.4, 0.5) is 5.69 Å². The lowest BCUT2D eigenvalue weighted by atomic mass is 10.1. The molecule has 1 fully saturated rings. The van der Waals surface area contributed by atoms with E-state index in [0.29, 0.717) is 22.1 Å². The second kappa shape index (κ2) is 6.59. The molecule has 2 aromatic carbocycles. The van der Waals surface area contributed by atoms with Crippen molar-refractivity contribution in [3.05, 3.63) is 86.5 Å². The van der Waals surface area contributed by atoms with Crippen molar-refractivity contribution in [2.24, 2.45) is 0 Å². The molecule has 5 rings (SSSR count). The van der Waals surface area contributed by atoms with Crippen LogP contribution in [0.5, 0.6) is 0 Å². The Morgan fingerprint density at radius 1 is 1.10 bits per heavy atom. The molecule has 1 saturated heterocycles. The summed E-state index contributed by atoms with van der Waals surface area (Å²) in [6, 6.07) is 15.7. The fraction of sp³-hybridized carbons (Fsp3) is 0.143. The molecule has 0 aliphatic carbocycles. The summed E-state index contributed by atoms with van der Waals surface area (Å²) in [5, 5.41) is 15.0. The molecule has 1 aliphatic rings. The van der Waals surface area contributed by atoms with E-state index in [9.17, 15) is 14.9 Å². The third-order valence-corrected chi connectivity index (χ3v) is 5.13. The lowest BCUT2D eigenvalue weighted by molar-refractivity contribution is -0.384. The number of nitro groups is 1. The van der Waals surface area contributed by atoms with Gasteiger partial charge in [0, 0.05) is 29.9 Å². The molecule has 0 amide bonds. The van der Waals surface area contributed by atoms with Crippen molar-refractivity contribution < 1.29 is 4.92 Å². The molecule has 3 heterocycles.